The Morgan fingerprint density at radius 2 is 1.76 bits per heavy atom. The van der Waals surface area contributed by atoms with E-state index < -0.39 is 0 Å². The summed E-state index contributed by atoms with van der Waals surface area (Å²) in [6, 6.07) is 0.757. The van der Waals surface area contributed by atoms with E-state index in [-0.39, 0.29) is 0 Å². The first kappa shape index (κ1) is 17.2. The summed E-state index contributed by atoms with van der Waals surface area (Å²) in [6.07, 6.45) is 8.43. The Labute approximate surface area is 132 Å². The summed E-state index contributed by atoms with van der Waals surface area (Å²) < 4.78 is 0. The molecule has 1 aliphatic carbocycles. The minimum Gasteiger partial charge on any atom is -0.317 e. The quantitative estimate of drug-likeness (QED) is 0.813. The molecule has 124 valence electrons. The van der Waals surface area contributed by atoms with E-state index in [9.17, 15) is 0 Å². The van der Waals surface area contributed by atoms with Crippen LogP contribution in [0, 0.1) is 17.8 Å². The van der Waals surface area contributed by atoms with Gasteiger partial charge in [0.15, 0.2) is 0 Å². The predicted molar refractivity (Wildman–Crippen MR) is 91.7 cm³/mol. The maximum absolute atomic E-state index is 3.59. The smallest absolute Gasteiger partial charge is 0.0105 e. The molecule has 0 aromatic carbocycles. The van der Waals surface area contributed by atoms with Crippen LogP contribution < -0.4 is 5.32 Å². The number of nitrogens with one attached hydrogen (secondary N) is 1. The molecule has 0 bridgehead atoms. The van der Waals surface area contributed by atoms with Gasteiger partial charge in [0, 0.05) is 19.1 Å². The van der Waals surface area contributed by atoms with Crippen molar-refractivity contribution >= 4 is 0 Å². The molecule has 0 aromatic rings. The van der Waals surface area contributed by atoms with E-state index in [0.717, 1.165) is 23.8 Å². The van der Waals surface area contributed by atoms with Crippen LogP contribution in [0.25, 0.3) is 0 Å². The van der Waals surface area contributed by atoms with Gasteiger partial charge in [-0.05, 0) is 84.1 Å². The van der Waals surface area contributed by atoms with E-state index in [1.807, 2.05) is 0 Å². The van der Waals surface area contributed by atoms with Crippen LogP contribution >= 0.6 is 0 Å². The van der Waals surface area contributed by atoms with Gasteiger partial charge in [-0.15, -0.1) is 0 Å². The molecule has 1 aliphatic heterocycles. The summed E-state index contributed by atoms with van der Waals surface area (Å²) >= 11 is 0. The van der Waals surface area contributed by atoms with E-state index in [1.165, 1.54) is 64.7 Å². The Bertz CT molecular complexity index is 284. The molecule has 0 aromatic heterocycles. The maximum atomic E-state index is 3.59. The van der Waals surface area contributed by atoms with E-state index in [1.54, 1.807) is 0 Å². The lowest BCUT2D eigenvalue weighted by Crippen LogP contribution is -2.47. The first-order chi connectivity index (χ1) is 10.1. The van der Waals surface area contributed by atoms with Crippen LogP contribution in [-0.4, -0.2) is 63.2 Å². The summed E-state index contributed by atoms with van der Waals surface area (Å²) in [5.74, 6) is 2.77. The van der Waals surface area contributed by atoms with E-state index >= 15 is 0 Å². The molecule has 2 rings (SSSR count). The second-order valence-electron chi connectivity index (χ2n) is 7.75. The highest BCUT2D eigenvalue weighted by Gasteiger charge is 2.31. The van der Waals surface area contributed by atoms with Gasteiger partial charge in [-0.3, -0.25) is 0 Å². The van der Waals surface area contributed by atoms with Crippen LogP contribution in [0.5, 0.6) is 0 Å². The summed E-state index contributed by atoms with van der Waals surface area (Å²) in [5, 5.41) is 3.59. The van der Waals surface area contributed by atoms with Gasteiger partial charge >= 0.3 is 0 Å². The fourth-order valence-corrected chi connectivity index (χ4v) is 4.51. The molecule has 0 radical (unpaired) electrons. The first-order valence-corrected chi connectivity index (χ1v) is 9.16. The Morgan fingerprint density at radius 3 is 2.33 bits per heavy atom. The second-order valence-corrected chi connectivity index (χ2v) is 7.75. The molecule has 3 atom stereocenters. The van der Waals surface area contributed by atoms with Crippen molar-refractivity contribution in [3.63, 3.8) is 0 Å². The van der Waals surface area contributed by atoms with Gasteiger partial charge in [0.25, 0.3) is 0 Å². The highest BCUT2D eigenvalue weighted by atomic mass is 15.1. The molecule has 2 fully saturated rings. The third-order valence-corrected chi connectivity index (χ3v) is 5.86. The summed E-state index contributed by atoms with van der Waals surface area (Å²) in [4.78, 5) is 5.10. The molecular formula is C18H37N3. The standard InChI is InChI=1S/C18H37N3/c1-5-15-6-7-18(19-2)17(12-15)14-21-10-8-16(9-11-21)13-20(3)4/h15-19H,5-14H2,1-4H3. The van der Waals surface area contributed by atoms with Gasteiger partial charge in [-0.25, -0.2) is 0 Å². The van der Waals surface area contributed by atoms with Crippen LogP contribution in [0.2, 0.25) is 0 Å². The van der Waals surface area contributed by atoms with E-state index in [4.69, 9.17) is 0 Å². The van der Waals surface area contributed by atoms with Gasteiger partial charge < -0.3 is 15.1 Å². The van der Waals surface area contributed by atoms with Gasteiger partial charge in [0.1, 0.15) is 0 Å². The zero-order valence-corrected chi connectivity index (χ0v) is 14.8. The molecule has 0 spiro atoms. The summed E-state index contributed by atoms with van der Waals surface area (Å²) in [7, 11) is 6.57. The van der Waals surface area contributed by atoms with Crippen LogP contribution in [0.3, 0.4) is 0 Å². The van der Waals surface area contributed by atoms with Crippen LogP contribution in [0.15, 0.2) is 0 Å². The van der Waals surface area contributed by atoms with Gasteiger partial charge in [0.05, 0.1) is 0 Å². The van der Waals surface area contributed by atoms with Gasteiger partial charge in [-0.2, -0.15) is 0 Å². The topological polar surface area (TPSA) is 18.5 Å². The fourth-order valence-electron chi connectivity index (χ4n) is 4.51. The molecule has 3 unspecified atom stereocenters. The summed E-state index contributed by atoms with van der Waals surface area (Å²) in [6.45, 7) is 7.61. The molecule has 2 aliphatic rings. The van der Waals surface area contributed by atoms with E-state index in [2.05, 4.69) is 43.2 Å². The highest BCUT2D eigenvalue weighted by Crippen LogP contribution is 2.32. The molecule has 1 N–H and O–H groups in total. The second kappa shape index (κ2) is 8.50. The van der Waals surface area contributed by atoms with Crippen molar-refractivity contribution in [1.29, 1.82) is 0 Å². The first-order valence-electron chi connectivity index (χ1n) is 9.16. The Morgan fingerprint density at radius 1 is 1.05 bits per heavy atom. The lowest BCUT2D eigenvalue weighted by atomic mass is 9.76. The third-order valence-electron chi connectivity index (χ3n) is 5.86. The lowest BCUT2D eigenvalue weighted by Gasteiger charge is -2.41. The Kier molecular flexibility index (Phi) is 6.97. The van der Waals surface area contributed by atoms with E-state index in [0.29, 0.717) is 0 Å². The zero-order chi connectivity index (χ0) is 15.2. The van der Waals surface area contributed by atoms with Crippen molar-refractivity contribution in [2.45, 2.75) is 51.5 Å². The molecule has 1 saturated heterocycles. The molecule has 1 saturated carbocycles. The maximum Gasteiger partial charge on any atom is 0.0105 e. The zero-order valence-electron chi connectivity index (χ0n) is 14.8. The van der Waals surface area contributed by atoms with Crippen molar-refractivity contribution in [2.24, 2.45) is 17.8 Å². The minimum absolute atomic E-state index is 0.757. The molecular weight excluding hydrogens is 258 g/mol. The van der Waals surface area contributed by atoms with Gasteiger partial charge in [-0.1, -0.05) is 13.3 Å². The van der Waals surface area contributed by atoms with Crippen LogP contribution in [0.1, 0.15) is 45.4 Å². The monoisotopic (exact) mass is 295 g/mol. The number of rotatable bonds is 6. The van der Waals surface area contributed by atoms with Crippen molar-refractivity contribution in [1.82, 2.24) is 15.1 Å². The Hall–Kier alpha value is -0.120. The number of likely N-dealkylation sites (tertiary alicyclic amines) is 1. The molecule has 3 heteroatoms. The summed E-state index contributed by atoms with van der Waals surface area (Å²) in [5.41, 5.74) is 0. The van der Waals surface area contributed by atoms with Gasteiger partial charge in [0.2, 0.25) is 0 Å². The van der Waals surface area contributed by atoms with Crippen molar-refractivity contribution in [3.05, 3.63) is 0 Å². The van der Waals surface area contributed by atoms with Crippen molar-refractivity contribution in [2.75, 3.05) is 47.3 Å². The predicted octanol–water partition coefficient (Wildman–Crippen LogP) is 2.67. The van der Waals surface area contributed by atoms with Crippen molar-refractivity contribution in [3.8, 4) is 0 Å². The number of piperidine rings is 1. The number of nitrogens with zero attached hydrogens (tertiary/aromatic N) is 2. The number of hydrogen-bond acceptors (Lipinski definition) is 3. The molecule has 0 amide bonds. The average Bonchev–Trinajstić information content (AvgIpc) is 2.48. The SMILES string of the molecule is CCC1CCC(NC)C(CN2CCC(CN(C)C)CC2)C1. The highest BCUT2D eigenvalue weighted by molar-refractivity contribution is 4.86. The number of hydrogen-bond donors (Lipinski definition) is 1. The molecule has 1 heterocycles. The third kappa shape index (κ3) is 5.22. The fraction of sp³-hybridized carbons (Fsp3) is 1.00. The van der Waals surface area contributed by atoms with Crippen molar-refractivity contribution < 1.29 is 0 Å². The minimum atomic E-state index is 0.757. The normalized spacial score (nSPS) is 32.7. The Balaban J connectivity index is 1.78. The van der Waals surface area contributed by atoms with Crippen LogP contribution in [0.4, 0.5) is 0 Å². The largest absolute Gasteiger partial charge is 0.317 e. The molecule has 3 nitrogen and oxygen atoms in total. The van der Waals surface area contributed by atoms with Crippen LogP contribution in [-0.2, 0) is 0 Å². The average molecular weight is 296 g/mol. The lowest BCUT2D eigenvalue weighted by molar-refractivity contribution is 0.105. The molecule has 21 heavy (non-hydrogen) atoms.